The first-order valence-corrected chi connectivity index (χ1v) is 4.58. The molecule has 2 fully saturated rings. The van der Waals surface area contributed by atoms with Gasteiger partial charge in [0.25, 0.3) is 0 Å². The van der Waals surface area contributed by atoms with Crippen LogP contribution in [0.1, 0.15) is 25.7 Å². The lowest BCUT2D eigenvalue weighted by Gasteiger charge is -2.04. The second-order valence-corrected chi connectivity index (χ2v) is 3.98. The van der Waals surface area contributed by atoms with Crippen LogP contribution in [0.3, 0.4) is 0 Å². The van der Waals surface area contributed by atoms with Crippen LogP contribution in [0.15, 0.2) is 0 Å². The maximum absolute atomic E-state index is 10.9. The molecule has 72 valence electrons. The number of carboxylic acid groups (broad SMARTS) is 2. The van der Waals surface area contributed by atoms with Gasteiger partial charge in [0, 0.05) is 0 Å². The van der Waals surface area contributed by atoms with Crippen molar-refractivity contribution in [2.24, 2.45) is 17.3 Å². The van der Waals surface area contributed by atoms with Crippen molar-refractivity contribution in [3.63, 3.8) is 0 Å². The first kappa shape index (κ1) is 8.53. The van der Waals surface area contributed by atoms with E-state index >= 15 is 0 Å². The number of rotatable bonds is 2. The molecule has 0 amide bonds. The lowest BCUT2D eigenvalue weighted by molar-refractivity contribution is -0.158. The average molecular weight is 184 g/mol. The lowest BCUT2D eigenvalue weighted by atomic mass is 10.0. The molecule has 2 N–H and O–H groups in total. The molecule has 0 heterocycles. The van der Waals surface area contributed by atoms with E-state index < -0.39 is 17.4 Å². The Morgan fingerprint density at radius 2 is 1.38 bits per heavy atom. The van der Waals surface area contributed by atoms with Gasteiger partial charge in [0.15, 0.2) is 5.41 Å². The number of aliphatic carboxylic acids is 2. The molecule has 0 radical (unpaired) electrons. The summed E-state index contributed by atoms with van der Waals surface area (Å²) in [6.45, 7) is 0. The summed E-state index contributed by atoms with van der Waals surface area (Å²) in [5.74, 6) is -2.48. The Balaban J connectivity index is 2.28. The van der Waals surface area contributed by atoms with Gasteiger partial charge < -0.3 is 10.2 Å². The minimum atomic E-state index is -1.42. The van der Waals surface area contributed by atoms with E-state index in [0.717, 1.165) is 25.7 Å². The Kier molecular flexibility index (Phi) is 1.62. The van der Waals surface area contributed by atoms with Gasteiger partial charge in [-0.05, 0) is 24.7 Å². The van der Waals surface area contributed by atoms with Crippen molar-refractivity contribution >= 4 is 11.9 Å². The molecule has 2 aliphatic rings. The van der Waals surface area contributed by atoms with Crippen LogP contribution in [0.2, 0.25) is 0 Å². The molecule has 2 rings (SSSR count). The van der Waals surface area contributed by atoms with Gasteiger partial charge >= 0.3 is 11.9 Å². The van der Waals surface area contributed by atoms with E-state index in [9.17, 15) is 9.59 Å². The molecule has 13 heavy (non-hydrogen) atoms. The third-order valence-corrected chi connectivity index (χ3v) is 3.53. The van der Waals surface area contributed by atoms with Crippen LogP contribution in [0, 0.1) is 17.3 Å². The Morgan fingerprint density at radius 1 is 1.00 bits per heavy atom. The van der Waals surface area contributed by atoms with Crippen molar-refractivity contribution in [2.75, 3.05) is 0 Å². The molecule has 0 aliphatic heterocycles. The summed E-state index contributed by atoms with van der Waals surface area (Å²) >= 11 is 0. The minimum Gasteiger partial charge on any atom is -0.480 e. The molecule has 4 heteroatoms. The minimum absolute atomic E-state index is 0.101. The van der Waals surface area contributed by atoms with Gasteiger partial charge in [-0.15, -0.1) is 0 Å². The first-order chi connectivity index (χ1) is 6.11. The normalized spacial score (nSPS) is 34.8. The maximum Gasteiger partial charge on any atom is 0.321 e. The molecule has 0 aromatic carbocycles. The Hall–Kier alpha value is -1.06. The van der Waals surface area contributed by atoms with Crippen molar-refractivity contribution in [3.8, 4) is 0 Å². The Morgan fingerprint density at radius 3 is 1.69 bits per heavy atom. The van der Waals surface area contributed by atoms with E-state index in [0.29, 0.717) is 0 Å². The van der Waals surface area contributed by atoms with Gasteiger partial charge in [-0.2, -0.15) is 0 Å². The number of hydrogen-bond donors (Lipinski definition) is 2. The fourth-order valence-electron chi connectivity index (χ4n) is 2.85. The predicted octanol–water partition coefficient (Wildman–Crippen LogP) is 0.962. The molecular formula is C9H12O4. The summed E-state index contributed by atoms with van der Waals surface area (Å²) < 4.78 is 0. The van der Waals surface area contributed by atoms with E-state index in [1.54, 1.807) is 0 Å². The topological polar surface area (TPSA) is 74.6 Å². The van der Waals surface area contributed by atoms with E-state index in [2.05, 4.69) is 0 Å². The van der Waals surface area contributed by atoms with Crippen molar-refractivity contribution in [3.05, 3.63) is 0 Å². The van der Waals surface area contributed by atoms with Gasteiger partial charge in [0.1, 0.15) is 0 Å². The van der Waals surface area contributed by atoms with Crippen LogP contribution >= 0.6 is 0 Å². The number of carbonyl (C=O) groups is 2. The standard InChI is InChI=1S/C9H12O4/c10-7(11)9(8(12)13)5-3-1-2-4-6(5)9/h5-6H,1-4H2,(H,10,11)(H,12,13). The summed E-state index contributed by atoms with van der Waals surface area (Å²) in [6.07, 6.45) is 3.49. The van der Waals surface area contributed by atoms with Crippen LogP contribution in [0.5, 0.6) is 0 Å². The smallest absolute Gasteiger partial charge is 0.321 e. The van der Waals surface area contributed by atoms with Crippen molar-refractivity contribution in [2.45, 2.75) is 25.7 Å². The third kappa shape index (κ3) is 0.857. The summed E-state index contributed by atoms with van der Waals surface area (Å²) in [7, 11) is 0. The molecule has 4 nitrogen and oxygen atoms in total. The zero-order chi connectivity index (χ0) is 9.64. The summed E-state index contributed by atoms with van der Waals surface area (Å²) in [6, 6.07) is 0. The van der Waals surface area contributed by atoms with E-state index in [4.69, 9.17) is 10.2 Å². The highest BCUT2D eigenvalue weighted by atomic mass is 16.4. The number of fused-ring (bicyclic) bond motifs is 1. The lowest BCUT2D eigenvalue weighted by Crippen LogP contribution is -2.28. The molecule has 0 spiro atoms. The molecule has 2 atom stereocenters. The summed E-state index contributed by atoms with van der Waals surface area (Å²) in [5.41, 5.74) is -1.42. The second-order valence-electron chi connectivity index (χ2n) is 3.98. The Labute approximate surface area is 75.6 Å². The van der Waals surface area contributed by atoms with E-state index in [1.165, 1.54) is 0 Å². The largest absolute Gasteiger partial charge is 0.480 e. The molecular weight excluding hydrogens is 172 g/mol. The first-order valence-electron chi connectivity index (χ1n) is 4.58. The third-order valence-electron chi connectivity index (χ3n) is 3.53. The van der Waals surface area contributed by atoms with Crippen LogP contribution in [-0.4, -0.2) is 22.2 Å². The summed E-state index contributed by atoms with van der Waals surface area (Å²) in [5, 5.41) is 17.8. The molecule has 2 aliphatic carbocycles. The van der Waals surface area contributed by atoms with E-state index in [1.807, 2.05) is 0 Å². The molecule has 2 unspecified atom stereocenters. The quantitative estimate of drug-likeness (QED) is 0.627. The van der Waals surface area contributed by atoms with Crippen LogP contribution < -0.4 is 0 Å². The van der Waals surface area contributed by atoms with Gasteiger partial charge in [-0.1, -0.05) is 12.8 Å². The highest BCUT2D eigenvalue weighted by Gasteiger charge is 2.74. The average Bonchev–Trinajstić information content (AvgIpc) is 2.73. The van der Waals surface area contributed by atoms with Crippen LogP contribution in [0.25, 0.3) is 0 Å². The SMILES string of the molecule is O=C(O)C1(C(=O)O)C2CCCCC21. The fourth-order valence-corrected chi connectivity index (χ4v) is 2.85. The van der Waals surface area contributed by atoms with Crippen LogP contribution in [-0.2, 0) is 9.59 Å². The zero-order valence-corrected chi connectivity index (χ0v) is 7.19. The van der Waals surface area contributed by atoms with Gasteiger partial charge in [0.2, 0.25) is 0 Å². The maximum atomic E-state index is 10.9. The molecule has 0 aromatic heterocycles. The monoisotopic (exact) mass is 184 g/mol. The molecule has 0 aromatic rings. The predicted molar refractivity (Wildman–Crippen MR) is 43.2 cm³/mol. The summed E-state index contributed by atoms with van der Waals surface area (Å²) in [4.78, 5) is 21.8. The van der Waals surface area contributed by atoms with Crippen molar-refractivity contribution in [1.82, 2.24) is 0 Å². The van der Waals surface area contributed by atoms with Gasteiger partial charge in [0.05, 0.1) is 0 Å². The number of hydrogen-bond acceptors (Lipinski definition) is 2. The fraction of sp³-hybridized carbons (Fsp3) is 0.778. The highest BCUT2D eigenvalue weighted by Crippen LogP contribution is 2.65. The molecule has 0 bridgehead atoms. The molecule has 0 saturated heterocycles. The number of carboxylic acids is 2. The van der Waals surface area contributed by atoms with Crippen LogP contribution in [0.4, 0.5) is 0 Å². The second kappa shape index (κ2) is 2.47. The highest BCUT2D eigenvalue weighted by molar-refractivity contribution is 6.02. The van der Waals surface area contributed by atoms with E-state index in [-0.39, 0.29) is 11.8 Å². The zero-order valence-electron chi connectivity index (χ0n) is 7.19. The van der Waals surface area contributed by atoms with Gasteiger partial charge in [-0.25, -0.2) is 0 Å². The van der Waals surface area contributed by atoms with Crippen molar-refractivity contribution < 1.29 is 19.8 Å². The Bertz CT molecular complexity index is 243. The van der Waals surface area contributed by atoms with Gasteiger partial charge in [-0.3, -0.25) is 9.59 Å². The van der Waals surface area contributed by atoms with Crippen molar-refractivity contribution in [1.29, 1.82) is 0 Å². The molecule has 2 saturated carbocycles.